The van der Waals surface area contributed by atoms with Crippen molar-refractivity contribution in [1.29, 1.82) is 0 Å². The van der Waals surface area contributed by atoms with Crippen LogP contribution in [-0.4, -0.2) is 32.2 Å². The van der Waals surface area contributed by atoms with Gasteiger partial charge in [-0.25, -0.2) is 14.9 Å². The molecule has 1 aromatic carbocycles. The number of amides is 1. The molecule has 1 aliphatic heterocycles. The van der Waals surface area contributed by atoms with Crippen LogP contribution in [0.2, 0.25) is 0 Å². The summed E-state index contributed by atoms with van der Waals surface area (Å²) in [5, 5.41) is 21.8. The third kappa shape index (κ3) is 3.96. The van der Waals surface area contributed by atoms with Crippen molar-refractivity contribution in [2.45, 2.75) is 26.8 Å². The molecule has 8 nitrogen and oxygen atoms in total. The molecule has 0 fully saturated rings. The van der Waals surface area contributed by atoms with Gasteiger partial charge < -0.3 is 10.5 Å². The molecule has 0 bridgehead atoms. The van der Waals surface area contributed by atoms with E-state index in [1.807, 2.05) is 62.5 Å². The zero-order valence-corrected chi connectivity index (χ0v) is 17.0. The highest BCUT2D eigenvalue weighted by Gasteiger charge is 2.30. The highest BCUT2D eigenvalue weighted by molar-refractivity contribution is 5.76. The van der Waals surface area contributed by atoms with Gasteiger partial charge in [0.05, 0.1) is 29.7 Å². The summed E-state index contributed by atoms with van der Waals surface area (Å²) in [6, 6.07) is 13.5. The van der Waals surface area contributed by atoms with Crippen molar-refractivity contribution in [3.8, 4) is 5.69 Å². The van der Waals surface area contributed by atoms with Crippen LogP contribution in [0, 0.1) is 12.1 Å². The molecule has 0 radical (unpaired) electrons. The molecule has 8 heteroatoms. The first-order valence-corrected chi connectivity index (χ1v) is 9.85. The molecule has 0 aliphatic carbocycles. The number of carbonyl (C=O) groups excluding carboxylic acids is 1. The lowest BCUT2D eigenvalue weighted by molar-refractivity contribution is -0.905. The number of allylic oxidation sites excluding steroid dienone is 1. The van der Waals surface area contributed by atoms with Crippen LogP contribution < -0.4 is 10.5 Å². The second-order valence-corrected chi connectivity index (χ2v) is 7.26. The third-order valence-corrected chi connectivity index (χ3v) is 5.12. The lowest BCUT2D eigenvalue weighted by Gasteiger charge is -2.34. The fourth-order valence-corrected chi connectivity index (χ4v) is 3.62. The van der Waals surface area contributed by atoms with E-state index < -0.39 is 0 Å². The number of fused-ring (bicyclic) bond motifs is 1. The number of hydrogen-bond acceptors (Lipinski definition) is 5. The second kappa shape index (κ2) is 8.48. The Labute approximate surface area is 175 Å². The minimum absolute atomic E-state index is 0.116. The Morgan fingerprint density at radius 2 is 1.97 bits per heavy atom. The molecule has 0 saturated heterocycles. The van der Waals surface area contributed by atoms with E-state index in [0.29, 0.717) is 18.9 Å². The SMILES string of the molecule is CC1=CN(CCC(=O)NCc2cccnc2)[NH+]([O-])c2nn(-c3ccccc3)c(C)c21. The predicted octanol–water partition coefficient (Wildman–Crippen LogP) is 1.89. The summed E-state index contributed by atoms with van der Waals surface area (Å²) in [5.74, 6) is 0.307. The molecule has 0 spiro atoms. The molecule has 1 aliphatic rings. The van der Waals surface area contributed by atoms with Crippen molar-refractivity contribution < 1.29 is 9.97 Å². The topological polar surface area (TPSA) is 90.6 Å². The van der Waals surface area contributed by atoms with Gasteiger partial charge in [-0.15, -0.1) is 5.10 Å². The van der Waals surface area contributed by atoms with Crippen LogP contribution in [0.3, 0.4) is 0 Å². The monoisotopic (exact) mass is 404 g/mol. The first-order chi connectivity index (χ1) is 14.5. The van der Waals surface area contributed by atoms with Crippen molar-refractivity contribution in [3.05, 3.63) is 83.1 Å². The van der Waals surface area contributed by atoms with E-state index in [1.54, 1.807) is 22.1 Å². The van der Waals surface area contributed by atoms with Crippen molar-refractivity contribution in [2.75, 3.05) is 6.54 Å². The average molecular weight is 404 g/mol. The summed E-state index contributed by atoms with van der Waals surface area (Å²) >= 11 is 0. The van der Waals surface area contributed by atoms with Crippen molar-refractivity contribution >= 4 is 17.3 Å². The fraction of sp³-hybridized carbons (Fsp3) is 0.227. The predicted molar refractivity (Wildman–Crippen MR) is 113 cm³/mol. The van der Waals surface area contributed by atoms with Gasteiger partial charge in [0.1, 0.15) is 0 Å². The first-order valence-electron chi connectivity index (χ1n) is 9.85. The van der Waals surface area contributed by atoms with Gasteiger partial charge in [0.15, 0.2) is 0 Å². The number of carbonyl (C=O) groups is 1. The smallest absolute Gasteiger partial charge is 0.277 e. The van der Waals surface area contributed by atoms with E-state index in [2.05, 4.69) is 15.4 Å². The van der Waals surface area contributed by atoms with Crippen LogP contribution in [0.4, 0.5) is 5.82 Å². The van der Waals surface area contributed by atoms with Crippen LogP contribution in [0.15, 0.2) is 61.1 Å². The van der Waals surface area contributed by atoms with E-state index in [1.165, 1.54) is 0 Å². The van der Waals surface area contributed by atoms with E-state index in [-0.39, 0.29) is 17.5 Å². The molecule has 154 valence electrons. The van der Waals surface area contributed by atoms with Gasteiger partial charge in [-0.1, -0.05) is 24.3 Å². The fourth-order valence-electron chi connectivity index (χ4n) is 3.62. The van der Waals surface area contributed by atoms with Gasteiger partial charge in [-0.05, 0) is 43.2 Å². The number of aromatic nitrogens is 3. The maximum atomic E-state index is 13.0. The Hall–Kier alpha value is -3.49. The third-order valence-electron chi connectivity index (χ3n) is 5.12. The standard InChI is InChI=1S/C22H24N6O2/c1-16-15-26(12-10-20(29)24-14-18-7-6-11-23-13-18)28(30)22-21(16)17(2)27(25-22)19-8-4-3-5-9-19/h3-9,11,13,15,28H,10,12,14H2,1-2H3,(H,24,29). The van der Waals surface area contributed by atoms with Crippen LogP contribution in [0.5, 0.6) is 0 Å². The maximum absolute atomic E-state index is 13.0. The number of pyridine rings is 1. The molecule has 2 N–H and O–H groups in total. The van der Waals surface area contributed by atoms with Gasteiger partial charge in [-0.2, -0.15) is 0 Å². The summed E-state index contributed by atoms with van der Waals surface area (Å²) in [6.45, 7) is 4.64. The van der Waals surface area contributed by atoms with Gasteiger partial charge in [0.2, 0.25) is 5.91 Å². The molecule has 2 aromatic heterocycles. The van der Waals surface area contributed by atoms with Gasteiger partial charge in [0.25, 0.3) is 5.82 Å². The average Bonchev–Trinajstić information content (AvgIpc) is 3.13. The summed E-state index contributed by atoms with van der Waals surface area (Å²) in [7, 11) is 0. The number of rotatable bonds is 6. The summed E-state index contributed by atoms with van der Waals surface area (Å²) in [4.78, 5) is 16.3. The molecular formula is C22H24N6O2. The highest BCUT2D eigenvalue weighted by Crippen LogP contribution is 2.29. The Morgan fingerprint density at radius 3 is 2.70 bits per heavy atom. The van der Waals surface area contributed by atoms with Gasteiger partial charge >= 0.3 is 0 Å². The number of para-hydroxylation sites is 1. The highest BCUT2D eigenvalue weighted by atomic mass is 16.6. The zero-order valence-electron chi connectivity index (χ0n) is 17.0. The molecule has 0 saturated carbocycles. The molecular weight excluding hydrogens is 380 g/mol. The van der Waals surface area contributed by atoms with Crippen LogP contribution in [0.25, 0.3) is 11.3 Å². The zero-order chi connectivity index (χ0) is 21.1. The lowest BCUT2D eigenvalue weighted by atomic mass is 10.1. The quantitative estimate of drug-likeness (QED) is 0.613. The van der Waals surface area contributed by atoms with Crippen molar-refractivity contribution in [2.24, 2.45) is 0 Å². The van der Waals surface area contributed by atoms with Gasteiger partial charge in [-0.3, -0.25) is 9.78 Å². The number of nitrogens with zero attached hydrogens (tertiary/aromatic N) is 4. The van der Waals surface area contributed by atoms with E-state index in [4.69, 9.17) is 0 Å². The van der Waals surface area contributed by atoms with Crippen molar-refractivity contribution in [3.63, 3.8) is 0 Å². The number of hydrogen-bond donors (Lipinski definition) is 2. The minimum Gasteiger partial charge on any atom is -0.601 e. The minimum atomic E-state index is -0.187. The normalized spacial score (nSPS) is 15.5. The van der Waals surface area contributed by atoms with Crippen LogP contribution in [0.1, 0.15) is 30.2 Å². The molecule has 30 heavy (non-hydrogen) atoms. The number of benzene rings is 1. The Balaban J connectivity index is 1.44. The van der Waals surface area contributed by atoms with E-state index >= 15 is 0 Å². The first kappa shape index (κ1) is 19.8. The largest absolute Gasteiger partial charge is 0.601 e. The summed E-state index contributed by atoms with van der Waals surface area (Å²) in [6.07, 6.45) is 5.43. The Bertz CT molecular complexity index is 1060. The van der Waals surface area contributed by atoms with E-state index in [0.717, 1.165) is 28.1 Å². The summed E-state index contributed by atoms with van der Waals surface area (Å²) in [5.41, 5.74) is 4.59. The number of quaternary nitrogens is 1. The molecule has 3 heterocycles. The second-order valence-electron chi connectivity index (χ2n) is 7.26. The van der Waals surface area contributed by atoms with E-state index in [9.17, 15) is 10.0 Å². The molecule has 4 rings (SSSR count). The number of nitrogens with one attached hydrogen (secondary N) is 2. The molecule has 1 amide bonds. The maximum Gasteiger partial charge on any atom is 0.277 e. The Morgan fingerprint density at radius 1 is 1.17 bits per heavy atom. The lowest BCUT2D eigenvalue weighted by Crippen LogP contribution is -3.09. The summed E-state index contributed by atoms with van der Waals surface area (Å²) < 4.78 is 1.80. The molecule has 1 atom stereocenters. The Kier molecular flexibility index (Phi) is 5.60. The molecule has 3 aromatic rings. The molecule has 1 unspecified atom stereocenters. The van der Waals surface area contributed by atoms with Crippen LogP contribution in [-0.2, 0) is 11.3 Å². The van der Waals surface area contributed by atoms with Gasteiger partial charge in [0, 0.05) is 25.4 Å². The van der Waals surface area contributed by atoms with Crippen molar-refractivity contribution in [1.82, 2.24) is 25.1 Å². The van der Waals surface area contributed by atoms with Crippen LogP contribution >= 0.6 is 0 Å².